The molecule has 0 aliphatic heterocycles. The van der Waals surface area contributed by atoms with E-state index in [-0.39, 0.29) is 11.8 Å². The number of nitrogens with one attached hydrogen (secondary N) is 1. The van der Waals surface area contributed by atoms with Crippen molar-refractivity contribution in [2.24, 2.45) is 17.6 Å². The highest BCUT2D eigenvalue weighted by Gasteiger charge is 2.22. The molecule has 2 atom stereocenters. The number of rotatable bonds is 6. The molecular weight excluding hydrogens is 184 g/mol. The van der Waals surface area contributed by atoms with E-state index in [9.17, 15) is 9.59 Å². The molecule has 0 aromatic carbocycles. The van der Waals surface area contributed by atoms with Crippen LogP contribution in [-0.2, 0) is 9.59 Å². The zero-order chi connectivity index (χ0) is 11.3. The van der Waals surface area contributed by atoms with Crippen molar-refractivity contribution in [3.05, 3.63) is 0 Å². The average Bonchev–Trinajstić information content (AvgIpc) is 2.02. The van der Waals surface area contributed by atoms with Crippen LogP contribution >= 0.6 is 0 Å². The van der Waals surface area contributed by atoms with Crippen molar-refractivity contribution in [1.29, 1.82) is 0 Å². The second-order valence-corrected chi connectivity index (χ2v) is 3.77. The number of carbonyl (C=O) groups excluding carboxylic acids is 1. The van der Waals surface area contributed by atoms with E-state index in [1.165, 1.54) is 0 Å². The molecular formula is C9H18N2O3. The highest BCUT2D eigenvalue weighted by atomic mass is 16.4. The van der Waals surface area contributed by atoms with Crippen LogP contribution in [0, 0.1) is 11.8 Å². The largest absolute Gasteiger partial charge is 0.480 e. The van der Waals surface area contributed by atoms with Crippen LogP contribution in [0.2, 0.25) is 0 Å². The Balaban J connectivity index is 4.07. The molecule has 0 saturated carbocycles. The van der Waals surface area contributed by atoms with Gasteiger partial charge in [-0.15, -0.1) is 0 Å². The summed E-state index contributed by atoms with van der Waals surface area (Å²) < 4.78 is 0. The molecule has 0 saturated heterocycles. The van der Waals surface area contributed by atoms with Crippen LogP contribution in [-0.4, -0.2) is 29.6 Å². The van der Waals surface area contributed by atoms with Crippen molar-refractivity contribution in [3.8, 4) is 0 Å². The lowest BCUT2D eigenvalue weighted by molar-refractivity contribution is -0.141. The second kappa shape index (κ2) is 5.59. The molecule has 0 rings (SSSR count). The normalized spacial score (nSPS) is 15.1. The van der Waals surface area contributed by atoms with Gasteiger partial charge in [-0.2, -0.15) is 0 Å². The van der Waals surface area contributed by atoms with Crippen LogP contribution in [0.3, 0.4) is 0 Å². The summed E-state index contributed by atoms with van der Waals surface area (Å²) in [6.07, 6.45) is 0. The highest BCUT2D eigenvalue weighted by molar-refractivity contribution is 5.77. The lowest BCUT2D eigenvalue weighted by Gasteiger charge is -2.19. The van der Waals surface area contributed by atoms with Crippen molar-refractivity contribution in [2.45, 2.75) is 26.8 Å². The van der Waals surface area contributed by atoms with Gasteiger partial charge in [-0.1, -0.05) is 20.8 Å². The van der Waals surface area contributed by atoms with Gasteiger partial charge in [0, 0.05) is 12.5 Å². The first kappa shape index (κ1) is 12.9. The number of nitrogens with two attached hydrogens (primary N) is 1. The van der Waals surface area contributed by atoms with Crippen molar-refractivity contribution in [2.75, 3.05) is 6.54 Å². The van der Waals surface area contributed by atoms with Crippen molar-refractivity contribution >= 4 is 11.9 Å². The van der Waals surface area contributed by atoms with Crippen molar-refractivity contribution in [1.82, 2.24) is 5.32 Å². The molecule has 0 spiro atoms. The standard InChI is InChI=1S/C9H18N2O3/c1-5(2)7(9(13)14)11-4-6(3)8(10)12/h5-7,11H,4H2,1-3H3,(H2,10,12)(H,13,14). The van der Waals surface area contributed by atoms with E-state index in [2.05, 4.69) is 5.32 Å². The summed E-state index contributed by atoms with van der Waals surface area (Å²) in [5.74, 6) is -1.70. The van der Waals surface area contributed by atoms with E-state index in [0.717, 1.165) is 0 Å². The Bertz CT molecular complexity index is 216. The third kappa shape index (κ3) is 4.23. The van der Waals surface area contributed by atoms with Crippen molar-refractivity contribution < 1.29 is 14.7 Å². The molecule has 0 aromatic rings. The number of hydrogen-bond acceptors (Lipinski definition) is 3. The number of carboxylic acids is 1. The minimum atomic E-state index is -0.906. The molecule has 0 heterocycles. The van der Waals surface area contributed by atoms with Gasteiger partial charge in [-0.3, -0.25) is 9.59 Å². The van der Waals surface area contributed by atoms with Gasteiger partial charge in [0.15, 0.2) is 0 Å². The van der Waals surface area contributed by atoms with Crippen LogP contribution in [0.15, 0.2) is 0 Å². The van der Waals surface area contributed by atoms with Crippen LogP contribution in [0.4, 0.5) is 0 Å². The maximum atomic E-state index is 10.7. The van der Waals surface area contributed by atoms with Gasteiger partial charge in [-0.05, 0) is 5.92 Å². The van der Waals surface area contributed by atoms with E-state index in [1.807, 2.05) is 0 Å². The Morgan fingerprint density at radius 3 is 2.14 bits per heavy atom. The SMILES string of the molecule is CC(CNC(C(=O)O)C(C)C)C(N)=O. The third-order valence-electron chi connectivity index (χ3n) is 2.06. The summed E-state index contributed by atoms with van der Waals surface area (Å²) in [5.41, 5.74) is 5.05. The predicted molar refractivity (Wildman–Crippen MR) is 52.6 cm³/mol. The molecule has 1 amide bonds. The second-order valence-electron chi connectivity index (χ2n) is 3.77. The first-order valence-corrected chi connectivity index (χ1v) is 4.61. The Kier molecular flexibility index (Phi) is 5.15. The molecule has 0 aliphatic rings. The fourth-order valence-corrected chi connectivity index (χ4v) is 1.01. The van der Waals surface area contributed by atoms with Crippen LogP contribution < -0.4 is 11.1 Å². The van der Waals surface area contributed by atoms with E-state index in [1.54, 1.807) is 20.8 Å². The quantitative estimate of drug-likeness (QED) is 0.556. The van der Waals surface area contributed by atoms with Crippen LogP contribution in [0.25, 0.3) is 0 Å². The van der Waals surface area contributed by atoms with Gasteiger partial charge in [0.1, 0.15) is 6.04 Å². The minimum Gasteiger partial charge on any atom is -0.480 e. The highest BCUT2D eigenvalue weighted by Crippen LogP contribution is 2.02. The predicted octanol–water partition coefficient (Wildman–Crippen LogP) is -0.193. The fraction of sp³-hybridized carbons (Fsp3) is 0.778. The number of aliphatic carboxylic acids is 1. The molecule has 0 aliphatic carbocycles. The van der Waals surface area contributed by atoms with Gasteiger partial charge in [-0.25, -0.2) is 0 Å². The average molecular weight is 202 g/mol. The number of carboxylic acid groups (broad SMARTS) is 1. The van der Waals surface area contributed by atoms with E-state index in [0.29, 0.717) is 6.54 Å². The molecule has 5 nitrogen and oxygen atoms in total. The minimum absolute atomic E-state index is 0.0208. The summed E-state index contributed by atoms with van der Waals surface area (Å²) in [6, 6.07) is -0.628. The first-order chi connectivity index (χ1) is 6.36. The number of carbonyl (C=O) groups is 2. The molecule has 0 radical (unpaired) electrons. The monoisotopic (exact) mass is 202 g/mol. The number of primary amides is 1. The van der Waals surface area contributed by atoms with Gasteiger partial charge >= 0.3 is 5.97 Å². The lowest BCUT2D eigenvalue weighted by Crippen LogP contribution is -2.44. The molecule has 2 unspecified atom stereocenters. The number of hydrogen-bond donors (Lipinski definition) is 3. The fourth-order valence-electron chi connectivity index (χ4n) is 1.01. The van der Waals surface area contributed by atoms with Gasteiger partial charge < -0.3 is 16.2 Å². The maximum absolute atomic E-state index is 10.7. The number of amides is 1. The summed E-state index contributed by atoms with van der Waals surface area (Å²) >= 11 is 0. The van der Waals surface area contributed by atoms with Crippen LogP contribution in [0.1, 0.15) is 20.8 Å². The summed E-state index contributed by atoms with van der Waals surface area (Å²) in [7, 11) is 0. The Morgan fingerprint density at radius 2 is 1.86 bits per heavy atom. The van der Waals surface area contributed by atoms with E-state index < -0.39 is 17.9 Å². The molecule has 0 aromatic heterocycles. The molecule has 4 N–H and O–H groups in total. The molecule has 0 bridgehead atoms. The van der Waals surface area contributed by atoms with Crippen LogP contribution in [0.5, 0.6) is 0 Å². The molecule has 82 valence electrons. The zero-order valence-corrected chi connectivity index (χ0v) is 8.78. The summed E-state index contributed by atoms with van der Waals surface area (Å²) in [6.45, 7) is 5.57. The Morgan fingerprint density at radius 1 is 1.36 bits per heavy atom. The molecule has 5 heteroatoms. The zero-order valence-electron chi connectivity index (χ0n) is 8.78. The Hall–Kier alpha value is -1.10. The first-order valence-electron chi connectivity index (χ1n) is 4.61. The molecule has 14 heavy (non-hydrogen) atoms. The lowest BCUT2D eigenvalue weighted by atomic mass is 10.0. The topological polar surface area (TPSA) is 92.4 Å². The van der Waals surface area contributed by atoms with Gasteiger partial charge in [0.25, 0.3) is 0 Å². The smallest absolute Gasteiger partial charge is 0.320 e. The Labute approximate surface area is 83.7 Å². The van der Waals surface area contributed by atoms with Gasteiger partial charge in [0.05, 0.1) is 0 Å². The molecule has 0 fully saturated rings. The summed E-state index contributed by atoms with van der Waals surface area (Å²) in [5, 5.41) is 11.6. The third-order valence-corrected chi connectivity index (χ3v) is 2.06. The van der Waals surface area contributed by atoms with Crippen molar-refractivity contribution in [3.63, 3.8) is 0 Å². The van der Waals surface area contributed by atoms with E-state index in [4.69, 9.17) is 10.8 Å². The van der Waals surface area contributed by atoms with Gasteiger partial charge in [0.2, 0.25) is 5.91 Å². The van der Waals surface area contributed by atoms with E-state index >= 15 is 0 Å². The summed E-state index contributed by atoms with van der Waals surface area (Å²) in [4.78, 5) is 21.4. The maximum Gasteiger partial charge on any atom is 0.320 e.